The topological polar surface area (TPSA) is 81.9 Å². The maximum Gasteiger partial charge on any atom is 0.238 e. The maximum absolute atomic E-state index is 12.6. The third-order valence-electron chi connectivity index (χ3n) is 4.50. The standard InChI is InChI=1S/C19H20ClN5O2S2/c1-12(18(26)22-16-7-6-13(20)10-21-16)29-19-24-23-17(15-5-3-9-28-15)25(19)11-14-4-2-8-27-14/h3,5-7,9-10,12,14H,2,4,8,11H2,1H3,(H,21,22,26). The smallest absolute Gasteiger partial charge is 0.238 e. The first kappa shape index (κ1) is 20.3. The molecule has 1 aliphatic heterocycles. The molecule has 2 atom stereocenters. The van der Waals surface area contributed by atoms with E-state index in [1.807, 2.05) is 24.4 Å². The summed E-state index contributed by atoms with van der Waals surface area (Å²) in [5.41, 5.74) is 0. The molecule has 0 radical (unpaired) electrons. The van der Waals surface area contributed by atoms with Crippen molar-refractivity contribution in [2.24, 2.45) is 0 Å². The van der Waals surface area contributed by atoms with E-state index in [-0.39, 0.29) is 17.3 Å². The molecule has 1 aliphatic rings. The largest absolute Gasteiger partial charge is 0.376 e. The number of thioether (sulfide) groups is 1. The molecule has 3 aromatic rings. The minimum atomic E-state index is -0.379. The Morgan fingerprint density at radius 1 is 1.45 bits per heavy atom. The van der Waals surface area contributed by atoms with Crippen molar-refractivity contribution in [3.8, 4) is 10.7 Å². The fourth-order valence-electron chi connectivity index (χ4n) is 3.01. The summed E-state index contributed by atoms with van der Waals surface area (Å²) in [6.45, 7) is 3.30. The lowest BCUT2D eigenvalue weighted by Gasteiger charge is -2.16. The number of hydrogen-bond acceptors (Lipinski definition) is 7. The van der Waals surface area contributed by atoms with Crippen molar-refractivity contribution in [3.05, 3.63) is 40.9 Å². The van der Waals surface area contributed by atoms with Crippen LogP contribution in [-0.2, 0) is 16.1 Å². The molecule has 0 bridgehead atoms. The second-order valence-electron chi connectivity index (χ2n) is 6.64. The van der Waals surface area contributed by atoms with E-state index in [2.05, 4.69) is 25.1 Å². The van der Waals surface area contributed by atoms with Crippen molar-refractivity contribution in [2.75, 3.05) is 11.9 Å². The number of aromatic nitrogens is 4. The first-order valence-corrected chi connectivity index (χ1v) is 11.4. The van der Waals surface area contributed by atoms with E-state index in [4.69, 9.17) is 16.3 Å². The van der Waals surface area contributed by atoms with E-state index in [1.54, 1.807) is 23.5 Å². The molecule has 4 heterocycles. The maximum atomic E-state index is 12.6. The molecule has 4 rings (SSSR count). The van der Waals surface area contributed by atoms with Gasteiger partial charge in [-0.05, 0) is 43.3 Å². The first-order chi connectivity index (χ1) is 14.1. The molecule has 29 heavy (non-hydrogen) atoms. The Labute approximate surface area is 181 Å². The summed E-state index contributed by atoms with van der Waals surface area (Å²) in [5.74, 6) is 1.12. The van der Waals surface area contributed by atoms with Gasteiger partial charge in [0.25, 0.3) is 0 Å². The lowest BCUT2D eigenvalue weighted by molar-refractivity contribution is -0.115. The summed E-state index contributed by atoms with van der Waals surface area (Å²) in [4.78, 5) is 17.8. The summed E-state index contributed by atoms with van der Waals surface area (Å²) in [7, 11) is 0. The van der Waals surface area contributed by atoms with Gasteiger partial charge in [0.05, 0.1) is 27.8 Å². The summed E-state index contributed by atoms with van der Waals surface area (Å²) in [6.07, 6.45) is 3.73. The predicted octanol–water partition coefficient (Wildman–Crippen LogP) is 4.35. The fourth-order valence-corrected chi connectivity index (χ4v) is 4.70. The van der Waals surface area contributed by atoms with Crippen molar-refractivity contribution in [1.82, 2.24) is 19.7 Å². The van der Waals surface area contributed by atoms with Crippen LogP contribution in [0.4, 0.5) is 5.82 Å². The number of amides is 1. The van der Waals surface area contributed by atoms with Crippen LogP contribution in [0.15, 0.2) is 41.0 Å². The Kier molecular flexibility index (Phi) is 6.49. The van der Waals surface area contributed by atoms with Gasteiger partial charge in [-0.2, -0.15) is 0 Å². The second kappa shape index (κ2) is 9.25. The number of rotatable bonds is 7. The second-order valence-corrected chi connectivity index (χ2v) is 9.33. The molecule has 0 spiro atoms. The highest BCUT2D eigenvalue weighted by molar-refractivity contribution is 8.00. The number of carbonyl (C=O) groups is 1. The lowest BCUT2D eigenvalue weighted by Crippen LogP contribution is -2.24. The number of ether oxygens (including phenoxy) is 1. The number of thiophene rings is 1. The monoisotopic (exact) mass is 449 g/mol. The van der Waals surface area contributed by atoms with Crippen LogP contribution < -0.4 is 5.32 Å². The lowest BCUT2D eigenvalue weighted by atomic mass is 10.2. The number of nitrogens with zero attached hydrogens (tertiary/aromatic N) is 4. The van der Waals surface area contributed by atoms with Crippen LogP contribution in [0.3, 0.4) is 0 Å². The van der Waals surface area contributed by atoms with Gasteiger partial charge in [0.1, 0.15) is 5.82 Å². The van der Waals surface area contributed by atoms with Gasteiger partial charge in [-0.25, -0.2) is 4.98 Å². The van der Waals surface area contributed by atoms with Crippen LogP contribution in [0.1, 0.15) is 19.8 Å². The molecule has 10 heteroatoms. The van der Waals surface area contributed by atoms with Crippen molar-refractivity contribution < 1.29 is 9.53 Å². The van der Waals surface area contributed by atoms with E-state index >= 15 is 0 Å². The Hall–Kier alpha value is -1.94. The molecule has 1 N–H and O–H groups in total. The number of anilines is 1. The highest BCUT2D eigenvalue weighted by Crippen LogP contribution is 2.31. The first-order valence-electron chi connectivity index (χ1n) is 9.28. The number of carbonyl (C=O) groups excluding carboxylic acids is 1. The van der Waals surface area contributed by atoms with Crippen LogP contribution in [0, 0.1) is 0 Å². The molecular formula is C19H20ClN5O2S2. The molecule has 1 saturated heterocycles. The molecule has 3 aromatic heterocycles. The Balaban J connectivity index is 1.50. The molecule has 2 unspecified atom stereocenters. The van der Waals surface area contributed by atoms with Gasteiger partial charge < -0.3 is 10.1 Å². The number of nitrogens with one attached hydrogen (secondary N) is 1. The highest BCUT2D eigenvalue weighted by Gasteiger charge is 2.25. The molecule has 0 saturated carbocycles. The molecule has 7 nitrogen and oxygen atoms in total. The van der Waals surface area contributed by atoms with E-state index in [1.165, 1.54) is 18.0 Å². The van der Waals surface area contributed by atoms with Crippen LogP contribution in [0.2, 0.25) is 5.02 Å². The third kappa shape index (κ3) is 4.98. The van der Waals surface area contributed by atoms with E-state index < -0.39 is 0 Å². The normalized spacial score (nSPS) is 17.4. The fraction of sp³-hybridized carbons (Fsp3) is 0.368. The van der Waals surface area contributed by atoms with Crippen molar-refractivity contribution >= 4 is 46.4 Å². The SMILES string of the molecule is CC(Sc1nnc(-c2cccs2)n1CC1CCCO1)C(=O)Nc1ccc(Cl)cn1. The van der Waals surface area contributed by atoms with Crippen molar-refractivity contribution in [1.29, 1.82) is 0 Å². The van der Waals surface area contributed by atoms with Crippen LogP contribution in [0.5, 0.6) is 0 Å². The summed E-state index contributed by atoms with van der Waals surface area (Å²) in [6, 6.07) is 7.38. The zero-order chi connectivity index (χ0) is 20.2. The minimum Gasteiger partial charge on any atom is -0.376 e. The highest BCUT2D eigenvalue weighted by atomic mass is 35.5. The Morgan fingerprint density at radius 3 is 3.03 bits per heavy atom. The van der Waals surface area contributed by atoms with Crippen molar-refractivity contribution in [2.45, 2.75) is 42.8 Å². The molecule has 0 aromatic carbocycles. The molecule has 0 aliphatic carbocycles. The zero-order valence-electron chi connectivity index (χ0n) is 15.7. The molecular weight excluding hydrogens is 430 g/mol. The summed E-state index contributed by atoms with van der Waals surface area (Å²) >= 11 is 8.84. The van der Waals surface area contributed by atoms with Gasteiger partial charge >= 0.3 is 0 Å². The number of hydrogen-bond donors (Lipinski definition) is 1. The van der Waals surface area contributed by atoms with Crippen LogP contribution in [-0.4, -0.2) is 43.6 Å². The summed E-state index contributed by atoms with van der Waals surface area (Å²) < 4.78 is 7.88. The zero-order valence-corrected chi connectivity index (χ0v) is 18.1. The van der Waals surface area contributed by atoms with Gasteiger partial charge in [-0.1, -0.05) is 29.4 Å². The molecule has 1 fully saturated rings. The van der Waals surface area contributed by atoms with Crippen LogP contribution >= 0.6 is 34.7 Å². The number of halogens is 1. The predicted molar refractivity (Wildman–Crippen MR) is 116 cm³/mol. The minimum absolute atomic E-state index is 0.145. The molecule has 152 valence electrons. The van der Waals surface area contributed by atoms with Gasteiger partial charge in [-0.15, -0.1) is 21.5 Å². The van der Waals surface area contributed by atoms with E-state index in [0.717, 1.165) is 30.2 Å². The van der Waals surface area contributed by atoms with Gasteiger partial charge in [0.2, 0.25) is 5.91 Å². The van der Waals surface area contributed by atoms with Gasteiger partial charge in [0.15, 0.2) is 11.0 Å². The molecule has 1 amide bonds. The van der Waals surface area contributed by atoms with Crippen LogP contribution in [0.25, 0.3) is 10.7 Å². The summed E-state index contributed by atoms with van der Waals surface area (Å²) in [5, 5.41) is 14.4. The van der Waals surface area contributed by atoms with Crippen molar-refractivity contribution in [3.63, 3.8) is 0 Å². The Bertz CT molecular complexity index is 956. The average Bonchev–Trinajstić information content (AvgIpc) is 3.47. The number of pyridine rings is 1. The average molecular weight is 450 g/mol. The van der Waals surface area contributed by atoms with E-state index in [0.29, 0.717) is 22.5 Å². The third-order valence-corrected chi connectivity index (χ3v) is 6.67. The van der Waals surface area contributed by atoms with Gasteiger partial charge in [-0.3, -0.25) is 9.36 Å². The van der Waals surface area contributed by atoms with E-state index in [9.17, 15) is 4.79 Å². The quantitative estimate of drug-likeness (QED) is 0.540. The van der Waals surface area contributed by atoms with Gasteiger partial charge in [0, 0.05) is 12.8 Å². The Morgan fingerprint density at radius 2 is 2.34 bits per heavy atom.